The van der Waals surface area contributed by atoms with Crippen LogP contribution in [0.2, 0.25) is 0 Å². The van der Waals surface area contributed by atoms with Crippen molar-refractivity contribution in [3.63, 3.8) is 0 Å². The molecule has 0 saturated carbocycles. The third-order valence-corrected chi connectivity index (χ3v) is 4.30. The Hall–Kier alpha value is -0.810. The number of nitrogens with zero attached hydrogens (tertiary/aromatic N) is 1. The Morgan fingerprint density at radius 3 is 2.68 bits per heavy atom. The molecule has 2 aliphatic heterocycles. The van der Waals surface area contributed by atoms with Crippen molar-refractivity contribution < 1.29 is 4.79 Å². The Kier molecular flexibility index (Phi) is 8.18. The molecular formula is C16H25Cl2N3O. The lowest BCUT2D eigenvalue weighted by Gasteiger charge is -2.18. The zero-order valence-electron chi connectivity index (χ0n) is 12.7. The fourth-order valence-electron chi connectivity index (χ4n) is 3.13. The van der Waals surface area contributed by atoms with E-state index >= 15 is 0 Å². The number of carbonyl (C=O) groups excluding carboxylic acids is 1. The summed E-state index contributed by atoms with van der Waals surface area (Å²) in [5.41, 5.74) is 1.35. The minimum Gasteiger partial charge on any atom is -0.352 e. The van der Waals surface area contributed by atoms with E-state index < -0.39 is 0 Å². The fourth-order valence-corrected chi connectivity index (χ4v) is 3.13. The van der Waals surface area contributed by atoms with Crippen LogP contribution in [0, 0.1) is 5.92 Å². The second-order valence-corrected chi connectivity index (χ2v) is 5.90. The van der Waals surface area contributed by atoms with E-state index in [0.717, 1.165) is 45.6 Å². The lowest BCUT2D eigenvalue weighted by Crippen LogP contribution is -2.41. The molecule has 0 aromatic heterocycles. The summed E-state index contributed by atoms with van der Waals surface area (Å²) in [5.74, 6) is 0.416. The average molecular weight is 346 g/mol. The standard InChI is InChI=1S/C16H23N3O.2ClH/c20-16(14-6-8-17-10-14)18-15-7-9-19(12-15)11-13-4-2-1-3-5-13;;/h1-5,14-15,17H,6-12H2,(H,18,20);2*1H. The van der Waals surface area contributed by atoms with Gasteiger partial charge in [0, 0.05) is 32.2 Å². The number of benzene rings is 1. The van der Waals surface area contributed by atoms with Crippen LogP contribution in [0.1, 0.15) is 18.4 Å². The first kappa shape index (κ1) is 19.2. The third kappa shape index (κ3) is 5.13. The minimum absolute atomic E-state index is 0. The van der Waals surface area contributed by atoms with Gasteiger partial charge in [-0.3, -0.25) is 9.69 Å². The molecule has 0 spiro atoms. The van der Waals surface area contributed by atoms with Crippen LogP contribution in [-0.2, 0) is 11.3 Å². The van der Waals surface area contributed by atoms with Gasteiger partial charge in [-0.15, -0.1) is 24.8 Å². The number of hydrogen-bond donors (Lipinski definition) is 2. The molecule has 2 aliphatic rings. The SMILES string of the molecule is Cl.Cl.O=C(NC1CCN(Cc2ccccc2)C1)C1CCNC1. The third-order valence-electron chi connectivity index (χ3n) is 4.30. The molecule has 0 radical (unpaired) electrons. The number of carbonyl (C=O) groups is 1. The van der Waals surface area contributed by atoms with E-state index in [1.807, 2.05) is 6.07 Å². The van der Waals surface area contributed by atoms with Crippen LogP contribution in [0.4, 0.5) is 0 Å². The number of rotatable bonds is 4. The maximum Gasteiger partial charge on any atom is 0.224 e. The molecule has 2 fully saturated rings. The summed E-state index contributed by atoms with van der Waals surface area (Å²) in [5, 5.41) is 6.46. The highest BCUT2D eigenvalue weighted by molar-refractivity contribution is 5.85. The van der Waals surface area contributed by atoms with E-state index in [-0.39, 0.29) is 36.6 Å². The maximum atomic E-state index is 12.1. The Morgan fingerprint density at radius 1 is 1.23 bits per heavy atom. The molecule has 4 nitrogen and oxygen atoms in total. The largest absolute Gasteiger partial charge is 0.352 e. The van der Waals surface area contributed by atoms with Crippen molar-refractivity contribution in [3.05, 3.63) is 35.9 Å². The molecule has 2 atom stereocenters. The van der Waals surface area contributed by atoms with E-state index in [1.54, 1.807) is 0 Å². The molecule has 2 N–H and O–H groups in total. The normalized spacial score (nSPS) is 24.4. The van der Waals surface area contributed by atoms with Gasteiger partial charge in [-0.25, -0.2) is 0 Å². The van der Waals surface area contributed by atoms with Gasteiger partial charge in [0.25, 0.3) is 0 Å². The zero-order valence-corrected chi connectivity index (χ0v) is 14.3. The topological polar surface area (TPSA) is 44.4 Å². The second kappa shape index (κ2) is 9.36. The van der Waals surface area contributed by atoms with Crippen LogP contribution in [0.3, 0.4) is 0 Å². The van der Waals surface area contributed by atoms with Crippen molar-refractivity contribution in [3.8, 4) is 0 Å². The molecule has 3 rings (SSSR count). The van der Waals surface area contributed by atoms with Crippen LogP contribution in [-0.4, -0.2) is 43.0 Å². The number of hydrogen-bond acceptors (Lipinski definition) is 3. The first-order valence-electron chi connectivity index (χ1n) is 7.58. The van der Waals surface area contributed by atoms with Gasteiger partial charge >= 0.3 is 0 Å². The molecule has 22 heavy (non-hydrogen) atoms. The molecule has 2 heterocycles. The Labute approximate surface area is 144 Å². The predicted molar refractivity (Wildman–Crippen MR) is 93.7 cm³/mol. The molecule has 2 unspecified atom stereocenters. The second-order valence-electron chi connectivity index (χ2n) is 5.90. The Morgan fingerprint density at radius 2 is 2.00 bits per heavy atom. The van der Waals surface area contributed by atoms with Crippen LogP contribution >= 0.6 is 24.8 Å². The fraction of sp³-hybridized carbons (Fsp3) is 0.562. The molecular weight excluding hydrogens is 321 g/mol. The molecule has 0 bridgehead atoms. The molecule has 6 heteroatoms. The molecule has 1 amide bonds. The van der Waals surface area contributed by atoms with E-state index in [0.29, 0.717) is 6.04 Å². The van der Waals surface area contributed by atoms with Gasteiger partial charge in [0.15, 0.2) is 0 Å². The summed E-state index contributed by atoms with van der Waals surface area (Å²) in [7, 11) is 0. The number of amides is 1. The van der Waals surface area contributed by atoms with E-state index in [1.165, 1.54) is 5.56 Å². The first-order valence-corrected chi connectivity index (χ1v) is 7.58. The van der Waals surface area contributed by atoms with Crippen LogP contribution < -0.4 is 10.6 Å². The predicted octanol–water partition coefficient (Wildman–Crippen LogP) is 1.83. The molecule has 0 aliphatic carbocycles. The average Bonchev–Trinajstić information content (AvgIpc) is 3.11. The summed E-state index contributed by atoms with van der Waals surface area (Å²) in [6, 6.07) is 10.9. The minimum atomic E-state index is 0. The Bertz CT molecular complexity index is 452. The van der Waals surface area contributed by atoms with Crippen molar-refractivity contribution in [2.45, 2.75) is 25.4 Å². The highest BCUT2D eigenvalue weighted by atomic mass is 35.5. The summed E-state index contributed by atoms with van der Waals surface area (Å²) in [6.45, 7) is 4.84. The van der Waals surface area contributed by atoms with E-state index in [9.17, 15) is 4.79 Å². The van der Waals surface area contributed by atoms with E-state index in [2.05, 4.69) is 39.8 Å². The molecule has 124 valence electrons. The number of halogens is 2. The van der Waals surface area contributed by atoms with Gasteiger partial charge < -0.3 is 10.6 Å². The van der Waals surface area contributed by atoms with Crippen LogP contribution in [0.5, 0.6) is 0 Å². The molecule has 1 aromatic rings. The number of nitrogens with one attached hydrogen (secondary N) is 2. The van der Waals surface area contributed by atoms with Crippen molar-refractivity contribution >= 4 is 30.7 Å². The van der Waals surface area contributed by atoms with Crippen LogP contribution in [0.15, 0.2) is 30.3 Å². The van der Waals surface area contributed by atoms with Crippen molar-refractivity contribution in [2.75, 3.05) is 26.2 Å². The van der Waals surface area contributed by atoms with Gasteiger partial charge in [-0.2, -0.15) is 0 Å². The zero-order chi connectivity index (χ0) is 13.8. The van der Waals surface area contributed by atoms with Gasteiger partial charge in [0.1, 0.15) is 0 Å². The van der Waals surface area contributed by atoms with E-state index in [4.69, 9.17) is 0 Å². The first-order chi connectivity index (χ1) is 9.81. The van der Waals surface area contributed by atoms with Crippen molar-refractivity contribution in [2.24, 2.45) is 5.92 Å². The molecule has 1 aromatic carbocycles. The summed E-state index contributed by atoms with van der Waals surface area (Å²) < 4.78 is 0. The quantitative estimate of drug-likeness (QED) is 0.874. The number of likely N-dealkylation sites (tertiary alicyclic amines) is 1. The van der Waals surface area contributed by atoms with Gasteiger partial charge in [0.2, 0.25) is 5.91 Å². The van der Waals surface area contributed by atoms with Gasteiger partial charge in [-0.05, 0) is 24.9 Å². The van der Waals surface area contributed by atoms with Crippen molar-refractivity contribution in [1.29, 1.82) is 0 Å². The lowest BCUT2D eigenvalue weighted by atomic mass is 10.1. The summed E-state index contributed by atoms with van der Waals surface area (Å²) in [4.78, 5) is 14.5. The van der Waals surface area contributed by atoms with Crippen LogP contribution in [0.25, 0.3) is 0 Å². The lowest BCUT2D eigenvalue weighted by molar-refractivity contribution is -0.125. The van der Waals surface area contributed by atoms with Gasteiger partial charge in [-0.1, -0.05) is 30.3 Å². The van der Waals surface area contributed by atoms with Crippen molar-refractivity contribution in [1.82, 2.24) is 15.5 Å². The highest BCUT2D eigenvalue weighted by Crippen LogP contribution is 2.15. The highest BCUT2D eigenvalue weighted by Gasteiger charge is 2.28. The van der Waals surface area contributed by atoms with Gasteiger partial charge in [0.05, 0.1) is 5.92 Å². The Balaban J connectivity index is 0.00000121. The monoisotopic (exact) mass is 345 g/mol. The maximum absolute atomic E-state index is 12.1. The summed E-state index contributed by atoms with van der Waals surface area (Å²) in [6.07, 6.45) is 2.05. The summed E-state index contributed by atoms with van der Waals surface area (Å²) >= 11 is 0. The molecule has 2 saturated heterocycles. The smallest absolute Gasteiger partial charge is 0.224 e.